The molecule has 0 fully saturated rings. The SMILES string of the molecule is Cc1cc(C)c(C)c(OC/C(N)=N/O)c1. The van der Waals surface area contributed by atoms with E-state index in [1.165, 1.54) is 5.56 Å². The van der Waals surface area contributed by atoms with Crippen molar-refractivity contribution in [3.63, 3.8) is 0 Å². The van der Waals surface area contributed by atoms with Crippen LogP contribution < -0.4 is 10.5 Å². The molecule has 0 spiro atoms. The van der Waals surface area contributed by atoms with Crippen LogP contribution in [0.3, 0.4) is 0 Å². The van der Waals surface area contributed by atoms with Crippen molar-refractivity contribution < 1.29 is 9.94 Å². The Morgan fingerprint density at radius 1 is 1.40 bits per heavy atom. The first-order chi connectivity index (χ1) is 7.04. The van der Waals surface area contributed by atoms with E-state index in [1.54, 1.807) is 0 Å². The Bertz CT molecular complexity index is 386. The molecule has 0 saturated carbocycles. The summed E-state index contributed by atoms with van der Waals surface area (Å²) in [5.41, 5.74) is 8.70. The van der Waals surface area contributed by atoms with Gasteiger partial charge in [0.15, 0.2) is 5.84 Å². The van der Waals surface area contributed by atoms with Crippen molar-refractivity contribution in [2.45, 2.75) is 20.8 Å². The fourth-order valence-electron chi connectivity index (χ4n) is 1.33. The Morgan fingerprint density at radius 3 is 2.67 bits per heavy atom. The molecule has 82 valence electrons. The number of aryl methyl sites for hydroxylation is 2. The van der Waals surface area contributed by atoms with Gasteiger partial charge in [-0.2, -0.15) is 0 Å². The molecule has 15 heavy (non-hydrogen) atoms. The van der Waals surface area contributed by atoms with Crippen molar-refractivity contribution in [1.29, 1.82) is 0 Å². The van der Waals surface area contributed by atoms with Gasteiger partial charge in [0.05, 0.1) is 0 Å². The van der Waals surface area contributed by atoms with Crippen LogP contribution in [0.4, 0.5) is 0 Å². The van der Waals surface area contributed by atoms with Gasteiger partial charge in [0, 0.05) is 0 Å². The van der Waals surface area contributed by atoms with E-state index in [0.717, 1.165) is 16.9 Å². The average molecular weight is 208 g/mol. The minimum Gasteiger partial charge on any atom is -0.485 e. The van der Waals surface area contributed by atoms with Crippen LogP contribution in [0.1, 0.15) is 16.7 Å². The predicted molar refractivity (Wildman–Crippen MR) is 59.6 cm³/mol. The van der Waals surface area contributed by atoms with E-state index >= 15 is 0 Å². The number of nitrogens with two attached hydrogens (primary N) is 1. The number of hydrogen-bond acceptors (Lipinski definition) is 3. The molecule has 3 N–H and O–H groups in total. The molecule has 0 radical (unpaired) electrons. The molecule has 1 aromatic rings. The van der Waals surface area contributed by atoms with Crippen LogP contribution in [0.25, 0.3) is 0 Å². The molecule has 0 heterocycles. The van der Waals surface area contributed by atoms with E-state index in [-0.39, 0.29) is 12.4 Å². The molecule has 0 saturated heterocycles. The van der Waals surface area contributed by atoms with Gasteiger partial charge in [0.25, 0.3) is 0 Å². The number of hydrogen-bond donors (Lipinski definition) is 2. The summed E-state index contributed by atoms with van der Waals surface area (Å²) in [5.74, 6) is 0.840. The predicted octanol–water partition coefficient (Wildman–Crippen LogP) is 1.74. The van der Waals surface area contributed by atoms with Crippen LogP contribution >= 0.6 is 0 Å². The highest BCUT2D eigenvalue weighted by Gasteiger charge is 2.04. The zero-order chi connectivity index (χ0) is 11.4. The molecule has 1 rings (SSSR count). The number of rotatable bonds is 3. The lowest BCUT2D eigenvalue weighted by molar-refractivity contribution is 0.306. The zero-order valence-corrected chi connectivity index (χ0v) is 9.24. The molecular weight excluding hydrogens is 192 g/mol. The van der Waals surface area contributed by atoms with Crippen molar-refractivity contribution in [3.05, 3.63) is 28.8 Å². The standard InChI is InChI=1S/C11H16N2O2/c1-7-4-8(2)9(3)10(5-7)15-6-11(12)13-14/h4-5,14H,6H2,1-3H3,(H2,12,13). The molecule has 0 amide bonds. The van der Waals surface area contributed by atoms with Crippen LogP contribution in [-0.4, -0.2) is 17.6 Å². The minimum absolute atomic E-state index is 0.0635. The Hall–Kier alpha value is -1.71. The zero-order valence-electron chi connectivity index (χ0n) is 9.24. The molecule has 0 unspecified atom stereocenters. The lowest BCUT2D eigenvalue weighted by Gasteiger charge is -2.11. The first kappa shape index (κ1) is 11.4. The maximum Gasteiger partial charge on any atom is 0.177 e. The monoisotopic (exact) mass is 208 g/mol. The van der Waals surface area contributed by atoms with E-state index in [0.29, 0.717) is 0 Å². The Labute approximate surface area is 89.4 Å². The molecule has 1 aromatic carbocycles. The molecule has 4 heteroatoms. The Kier molecular flexibility index (Phi) is 3.55. The van der Waals surface area contributed by atoms with Gasteiger partial charge in [-0.1, -0.05) is 11.2 Å². The molecule has 4 nitrogen and oxygen atoms in total. The number of benzene rings is 1. The van der Waals surface area contributed by atoms with Crippen LogP contribution in [0.5, 0.6) is 5.75 Å². The smallest absolute Gasteiger partial charge is 0.177 e. The second-order valence-electron chi connectivity index (χ2n) is 3.58. The fourth-order valence-corrected chi connectivity index (χ4v) is 1.33. The van der Waals surface area contributed by atoms with Gasteiger partial charge in [-0.3, -0.25) is 0 Å². The molecule has 0 aliphatic rings. The number of oxime groups is 1. The summed E-state index contributed by atoms with van der Waals surface area (Å²) in [6.07, 6.45) is 0. The van der Waals surface area contributed by atoms with E-state index < -0.39 is 0 Å². The maximum atomic E-state index is 8.37. The first-order valence-corrected chi connectivity index (χ1v) is 4.71. The fraction of sp³-hybridized carbons (Fsp3) is 0.364. The van der Waals surface area contributed by atoms with Gasteiger partial charge >= 0.3 is 0 Å². The molecule has 0 aliphatic heterocycles. The molecule has 0 atom stereocenters. The van der Waals surface area contributed by atoms with Gasteiger partial charge in [0.1, 0.15) is 12.4 Å². The summed E-state index contributed by atoms with van der Waals surface area (Å²) >= 11 is 0. The van der Waals surface area contributed by atoms with Crippen molar-refractivity contribution in [3.8, 4) is 5.75 Å². The van der Waals surface area contributed by atoms with E-state index in [9.17, 15) is 0 Å². The highest BCUT2D eigenvalue weighted by molar-refractivity contribution is 5.81. The third kappa shape index (κ3) is 2.87. The molecular formula is C11H16N2O2. The second kappa shape index (κ2) is 4.68. The third-order valence-electron chi connectivity index (χ3n) is 2.27. The van der Waals surface area contributed by atoms with Gasteiger partial charge in [0.2, 0.25) is 0 Å². The topological polar surface area (TPSA) is 67.8 Å². The summed E-state index contributed by atoms with van der Waals surface area (Å²) < 4.78 is 5.44. The molecule has 0 aromatic heterocycles. The Morgan fingerprint density at radius 2 is 2.07 bits per heavy atom. The first-order valence-electron chi connectivity index (χ1n) is 4.71. The normalized spacial score (nSPS) is 11.5. The van der Waals surface area contributed by atoms with Crippen molar-refractivity contribution in [2.75, 3.05) is 6.61 Å². The second-order valence-corrected chi connectivity index (χ2v) is 3.58. The highest BCUT2D eigenvalue weighted by atomic mass is 16.5. The van der Waals surface area contributed by atoms with Crippen molar-refractivity contribution >= 4 is 5.84 Å². The van der Waals surface area contributed by atoms with E-state index in [1.807, 2.05) is 26.8 Å². The number of amidine groups is 1. The lowest BCUT2D eigenvalue weighted by Crippen LogP contribution is -2.21. The van der Waals surface area contributed by atoms with E-state index in [2.05, 4.69) is 11.2 Å². The molecule has 0 aliphatic carbocycles. The summed E-state index contributed by atoms with van der Waals surface area (Å²) in [5, 5.41) is 11.2. The van der Waals surface area contributed by atoms with Crippen molar-refractivity contribution in [1.82, 2.24) is 0 Å². The Balaban J connectivity index is 2.85. The summed E-state index contributed by atoms with van der Waals surface area (Å²) in [7, 11) is 0. The van der Waals surface area contributed by atoms with Crippen LogP contribution in [-0.2, 0) is 0 Å². The lowest BCUT2D eigenvalue weighted by atomic mass is 10.1. The minimum atomic E-state index is 0.0635. The third-order valence-corrected chi connectivity index (χ3v) is 2.27. The summed E-state index contributed by atoms with van der Waals surface area (Å²) in [6, 6.07) is 4.03. The number of nitrogens with zero attached hydrogens (tertiary/aromatic N) is 1. The maximum absolute atomic E-state index is 8.37. The van der Waals surface area contributed by atoms with Crippen LogP contribution in [0.15, 0.2) is 17.3 Å². The highest BCUT2D eigenvalue weighted by Crippen LogP contribution is 2.22. The van der Waals surface area contributed by atoms with Gasteiger partial charge in [-0.25, -0.2) is 0 Å². The summed E-state index contributed by atoms with van der Waals surface area (Å²) in [6.45, 7) is 6.11. The number of ether oxygens (including phenoxy) is 1. The molecule has 0 bridgehead atoms. The van der Waals surface area contributed by atoms with Crippen molar-refractivity contribution in [2.24, 2.45) is 10.9 Å². The quantitative estimate of drug-likeness (QED) is 0.344. The van der Waals surface area contributed by atoms with E-state index in [4.69, 9.17) is 15.7 Å². The van der Waals surface area contributed by atoms with Crippen LogP contribution in [0.2, 0.25) is 0 Å². The van der Waals surface area contributed by atoms with Gasteiger partial charge < -0.3 is 15.7 Å². The summed E-state index contributed by atoms with van der Waals surface area (Å²) in [4.78, 5) is 0. The van der Waals surface area contributed by atoms with Gasteiger partial charge in [-0.05, 0) is 43.5 Å². The van der Waals surface area contributed by atoms with Crippen LogP contribution in [0, 0.1) is 20.8 Å². The van der Waals surface area contributed by atoms with Gasteiger partial charge in [-0.15, -0.1) is 0 Å². The largest absolute Gasteiger partial charge is 0.485 e. The average Bonchev–Trinajstić information content (AvgIpc) is 2.20.